The minimum absolute atomic E-state index is 0.524. The topological polar surface area (TPSA) is 53.3 Å². The molecular weight excluding hydrogens is 228 g/mol. The molecule has 4 heteroatoms. The second kappa shape index (κ2) is 7.46. The highest BCUT2D eigenvalue weighted by molar-refractivity contribution is 5.78. The van der Waals surface area contributed by atoms with E-state index in [-0.39, 0.29) is 0 Å². The Morgan fingerprint density at radius 3 is 2.78 bits per heavy atom. The van der Waals surface area contributed by atoms with Crippen LogP contribution in [0.25, 0.3) is 0 Å². The molecule has 1 rings (SSSR count). The average molecular weight is 246 g/mol. The molecule has 0 saturated carbocycles. The van der Waals surface area contributed by atoms with E-state index in [0.29, 0.717) is 24.3 Å². The van der Waals surface area contributed by atoms with Crippen molar-refractivity contribution in [2.75, 3.05) is 31.2 Å². The molecule has 0 aliphatic heterocycles. The SMILES string of the molecule is CCOCCN(CC)c1ccc(C=O)cc1C#N. The lowest BCUT2D eigenvalue weighted by Crippen LogP contribution is -2.27. The molecule has 18 heavy (non-hydrogen) atoms. The number of anilines is 1. The number of carbonyl (C=O) groups is 1. The quantitative estimate of drug-likeness (QED) is 0.547. The van der Waals surface area contributed by atoms with Crippen LogP contribution in [0.3, 0.4) is 0 Å². The highest BCUT2D eigenvalue weighted by Gasteiger charge is 2.10. The van der Waals surface area contributed by atoms with Gasteiger partial charge in [0.25, 0.3) is 0 Å². The summed E-state index contributed by atoms with van der Waals surface area (Å²) in [7, 11) is 0. The number of hydrogen-bond acceptors (Lipinski definition) is 4. The molecule has 0 spiro atoms. The molecule has 4 nitrogen and oxygen atoms in total. The van der Waals surface area contributed by atoms with Crippen LogP contribution in [-0.4, -0.2) is 32.6 Å². The van der Waals surface area contributed by atoms with Gasteiger partial charge < -0.3 is 9.64 Å². The van der Waals surface area contributed by atoms with E-state index in [2.05, 4.69) is 11.0 Å². The van der Waals surface area contributed by atoms with E-state index in [0.717, 1.165) is 25.1 Å². The molecule has 0 bridgehead atoms. The van der Waals surface area contributed by atoms with Crippen LogP contribution in [0, 0.1) is 11.3 Å². The minimum atomic E-state index is 0.524. The van der Waals surface area contributed by atoms with E-state index in [9.17, 15) is 4.79 Å². The van der Waals surface area contributed by atoms with Crippen molar-refractivity contribution in [2.24, 2.45) is 0 Å². The van der Waals surface area contributed by atoms with Crippen LogP contribution in [-0.2, 0) is 4.74 Å². The van der Waals surface area contributed by atoms with Crippen molar-refractivity contribution in [1.29, 1.82) is 5.26 Å². The zero-order chi connectivity index (χ0) is 13.4. The number of ether oxygens (including phenoxy) is 1. The summed E-state index contributed by atoms with van der Waals surface area (Å²) in [6, 6.07) is 7.30. The molecule has 1 aromatic carbocycles. The van der Waals surface area contributed by atoms with Gasteiger partial charge >= 0.3 is 0 Å². The fourth-order valence-corrected chi connectivity index (χ4v) is 1.76. The van der Waals surface area contributed by atoms with E-state index in [1.54, 1.807) is 12.1 Å². The Bertz CT molecular complexity index is 438. The maximum atomic E-state index is 10.7. The summed E-state index contributed by atoms with van der Waals surface area (Å²) in [5, 5.41) is 9.13. The van der Waals surface area contributed by atoms with Crippen molar-refractivity contribution in [3.8, 4) is 6.07 Å². The van der Waals surface area contributed by atoms with Gasteiger partial charge in [0.2, 0.25) is 0 Å². The molecule has 0 aliphatic carbocycles. The van der Waals surface area contributed by atoms with Crippen molar-refractivity contribution in [3.05, 3.63) is 29.3 Å². The number of carbonyl (C=O) groups excluding carboxylic acids is 1. The number of rotatable bonds is 7. The highest BCUT2D eigenvalue weighted by atomic mass is 16.5. The zero-order valence-corrected chi connectivity index (χ0v) is 10.8. The Hall–Kier alpha value is -1.86. The van der Waals surface area contributed by atoms with E-state index in [1.807, 2.05) is 19.9 Å². The summed E-state index contributed by atoms with van der Waals surface area (Å²) in [5.41, 5.74) is 1.90. The number of nitriles is 1. The minimum Gasteiger partial charge on any atom is -0.380 e. The van der Waals surface area contributed by atoms with Gasteiger partial charge in [-0.2, -0.15) is 5.26 Å². The first-order chi connectivity index (χ1) is 8.76. The van der Waals surface area contributed by atoms with Crippen molar-refractivity contribution >= 4 is 12.0 Å². The van der Waals surface area contributed by atoms with Gasteiger partial charge in [-0.25, -0.2) is 0 Å². The van der Waals surface area contributed by atoms with Gasteiger partial charge in [0.05, 0.1) is 17.9 Å². The van der Waals surface area contributed by atoms with Crippen molar-refractivity contribution in [1.82, 2.24) is 0 Å². The molecule has 0 aromatic heterocycles. The fraction of sp³-hybridized carbons (Fsp3) is 0.429. The molecule has 0 aliphatic rings. The fourth-order valence-electron chi connectivity index (χ4n) is 1.76. The molecule has 0 atom stereocenters. The van der Waals surface area contributed by atoms with Crippen molar-refractivity contribution < 1.29 is 9.53 Å². The summed E-state index contributed by atoms with van der Waals surface area (Å²) in [4.78, 5) is 12.8. The van der Waals surface area contributed by atoms with Crippen molar-refractivity contribution in [3.63, 3.8) is 0 Å². The largest absolute Gasteiger partial charge is 0.380 e. The van der Waals surface area contributed by atoms with Crippen LogP contribution in [0.4, 0.5) is 5.69 Å². The molecule has 0 amide bonds. The van der Waals surface area contributed by atoms with Gasteiger partial charge in [-0.3, -0.25) is 4.79 Å². The van der Waals surface area contributed by atoms with E-state index < -0.39 is 0 Å². The van der Waals surface area contributed by atoms with E-state index in [4.69, 9.17) is 10.00 Å². The molecule has 0 saturated heterocycles. The van der Waals surface area contributed by atoms with Crippen LogP contribution in [0.2, 0.25) is 0 Å². The summed E-state index contributed by atoms with van der Waals surface area (Å²) < 4.78 is 5.32. The summed E-state index contributed by atoms with van der Waals surface area (Å²) in [6.07, 6.45) is 0.751. The first-order valence-corrected chi connectivity index (χ1v) is 6.08. The monoisotopic (exact) mass is 246 g/mol. The van der Waals surface area contributed by atoms with Gasteiger partial charge in [0.15, 0.2) is 0 Å². The van der Waals surface area contributed by atoms with Crippen LogP contribution in [0.15, 0.2) is 18.2 Å². The first kappa shape index (κ1) is 14.2. The normalized spacial score (nSPS) is 9.83. The van der Waals surface area contributed by atoms with Gasteiger partial charge in [-0.1, -0.05) is 0 Å². The molecule has 0 fully saturated rings. The summed E-state index contributed by atoms with van der Waals surface area (Å²) in [6.45, 7) is 6.83. The number of likely N-dealkylation sites (N-methyl/N-ethyl adjacent to an activating group) is 1. The third-order valence-corrected chi connectivity index (χ3v) is 2.71. The Kier molecular flexibility index (Phi) is 5.89. The maximum absolute atomic E-state index is 10.7. The second-order valence-corrected chi connectivity index (χ2v) is 3.78. The molecule has 0 N–H and O–H groups in total. The maximum Gasteiger partial charge on any atom is 0.150 e. The first-order valence-electron chi connectivity index (χ1n) is 6.08. The Balaban J connectivity index is 2.91. The third-order valence-electron chi connectivity index (χ3n) is 2.71. The van der Waals surface area contributed by atoms with Crippen LogP contribution in [0.1, 0.15) is 29.8 Å². The molecule has 0 unspecified atom stereocenters. The lowest BCUT2D eigenvalue weighted by atomic mass is 10.1. The zero-order valence-electron chi connectivity index (χ0n) is 10.8. The number of hydrogen-bond donors (Lipinski definition) is 0. The van der Waals surface area contributed by atoms with Gasteiger partial charge in [-0.05, 0) is 32.0 Å². The highest BCUT2D eigenvalue weighted by Crippen LogP contribution is 2.20. The molecular formula is C14H18N2O2. The molecule has 96 valence electrons. The molecule has 1 aromatic rings. The second-order valence-electron chi connectivity index (χ2n) is 3.78. The Morgan fingerprint density at radius 1 is 1.44 bits per heavy atom. The lowest BCUT2D eigenvalue weighted by molar-refractivity contribution is 0.112. The van der Waals surface area contributed by atoms with Crippen LogP contribution < -0.4 is 4.90 Å². The predicted octanol–water partition coefficient (Wildman–Crippen LogP) is 2.23. The van der Waals surface area contributed by atoms with Crippen LogP contribution in [0.5, 0.6) is 0 Å². The number of nitrogens with zero attached hydrogens (tertiary/aromatic N) is 2. The average Bonchev–Trinajstić information content (AvgIpc) is 2.43. The molecule has 0 heterocycles. The van der Waals surface area contributed by atoms with Gasteiger partial charge in [0, 0.05) is 25.3 Å². The summed E-state index contributed by atoms with van der Waals surface area (Å²) >= 11 is 0. The number of aldehydes is 1. The smallest absolute Gasteiger partial charge is 0.150 e. The van der Waals surface area contributed by atoms with E-state index >= 15 is 0 Å². The standard InChI is InChI=1S/C14H18N2O2/c1-3-16(7-8-18-4-2)14-6-5-12(11-17)9-13(14)10-15/h5-6,9,11H,3-4,7-8H2,1-2H3. The molecule has 0 radical (unpaired) electrons. The lowest BCUT2D eigenvalue weighted by Gasteiger charge is -2.24. The van der Waals surface area contributed by atoms with Gasteiger partial charge in [-0.15, -0.1) is 0 Å². The Morgan fingerprint density at radius 2 is 2.22 bits per heavy atom. The Labute approximate surface area is 108 Å². The van der Waals surface area contributed by atoms with Crippen LogP contribution >= 0.6 is 0 Å². The van der Waals surface area contributed by atoms with Crippen molar-refractivity contribution in [2.45, 2.75) is 13.8 Å². The third kappa shape index (κ3) is 3.57. The van der Waals surface area contributed by atoms with E-state index in [1.165, 1.54) is 0 Å². The predicted molar refractivity (Wildman–Crippen MR) is 70.9 cm³/mol. The number of benzene rings is 1. The van der Waals surface area contributed by atoms with Gasteiger partial charge in [0.1, 0.15) is 12.4 Å². The summed E-state index contributed by atoms with van der Waals surface area (Å²) in [5.74, 6) is 0.